The number of anilines is 1. The van der Waals surface area contributed by atoms with Gasteiger partial charge in [-0.05, 0) is 48.0 Å². The molecule has 0 heterocycles. The molecule has 0 radical (unpaired) electrons. The molecule has 3 aromatic rings. The lowest BCUT2D eigenvalue weighted by Crippen LogP contribution is -2.25. The highest BCUT2D eigenvalue weighted by Crippen LogP contribution is 2.16. The van der Waals surface area contributed by atoms with Crippen molar-refractivity contribution in [1.82, 2.24) is 5.32 Å². The quantitative estimate of drug-likeness (QED) is 0.567. The number of halogens is 1. The van der Waals surface area contributed by atoms with Crippen LogP contribution in [0.3, 0.4) is 0 Å². The Balaban J connectivity index is 1.76. The summed E-state index contributed by atoms with van der Waals surface area (Å²) in [5.74, 6) is -1.30. The Morgan fingerprint density at radius 2 is 1.57 bits per heavy atom. The molecule has 30 heavy (non-hydrogen) atoms. The number of sulfonamides is 1. The van der Waals surface area contributed by atoms with Crippen molar-refractivity contribution in [1.29, 1.82) is 0 Å². The zero-order valence-corrected chi connectivity index (χ0v) is 16.9. The fraction of sp³-hybridized carbons (Fsp3) is 0.0909. The van der Waals surface area contributed by atoms with Gasteiger partial charge in [0.05, 0.1) is 11.8 Å². The maximum Gasteiger partial charge on any atom is 0.252 e. The second-order valence-corrected chi connectivity index (χ2v) is 8.39. The fourth-order valence-electron chi connectivity index (χ4n) is 2.87. The summed E-state index contributed by atoms with van der Waals surface area (Å²) in [5, 5.41) is 2.73. The number of hydrogen-bond donors (Lipinski definition) is 2. The van der Waals surface area contributed by atoms with E-state index in [0.717, 1.165) is 6.26 Å². The van der Waals surface area contributed by atoms with Gasteiger partial charge in [0.25, 0.3) is 5.91 Å². The van der Waals surface area contributed by atoms with Crippen molar-refractivity contribution in [3.8, 4) is 0 Å². The number of rotatable bonds is 7. The van der Waals surface area contributed by atoms with E-state index in [1.54, 1.807) is 36.4 Å². The Kier molecular flexibility index (Phi) is 6.27. The smallest absolute Gasteiger partial charge is 0.252 e. The van der Waals surface area contributed by atoms with Crippen LogP contribution in [-0.2, 0) is 16.6 Å². The van der Waals surface area contributed by atoms with Crippen LogP contribution >= 0.6 is 0 Å². The van der Waals surface area contributed by atoms with Crippen molar-refractivity contribution in [2.75, 3.05) is 11.0 Å². The highest BCUT2D eigenvalue weighted by atomic mass is 32.2. The van der Waals surface area contributed by atoms with E-state index < -0.39 is 21.7 Å². The zero-order chi connectivity index (χ0) is 21.7. The molecule has 154 valence electrons. The van der Waals surface area contributed by atoms with Gasteiger partial charge >= 0.3 is 0 Å². The van der Waals surface area contributed by atoms with Crippen LogP contribution in [0.1, 0.15) is 31.8 Å². The topological polar surface area (TPSA) is 92.3 Å². The molecule has 6 nitrogen and oxygen atoms in total. The van der Waals surface area contributed by atoms with Gasteiger partial charge in [-0.15, -0.1) is 0 Å². The summed E-state index contributed by atoms with van der Waals surface area (Å²) in [6, 6.07) is 18.1. The Morgan fingerprint density at radius 3 is 2.23 bits per heavy atom. The number of amides is 1. The van der Waals surface area contributed by atoms with Crippen molar-refractivity contribution in [2.24, 2.45) is 0 Å². The third-order valence-electron chi connectivity index (χ3n) is 4.21. The van der Waals surface area contributed by atoms with E-state index in [1.165, 1.54) is 36.4 Å². The van der Waals surface area contributed by atoms with E-state index in [1.807, 2.05) is 0 Å². The molecular weight excluding hydrogens is 407 g/mol. The Bertz CT molecular complexity index is 1190. The van der Waals surface area contributed by atoms with Crippen molar-refractivity contribution in [3.63, 3.8) is 0 Å². The number of carbonyl (C=O) groups is 2. The molecule has 1 amide bonds. The predicted molar refractivity (Wildman–Crippen MR) is 112 cm³/mol. The summed E-state index contributed by atoms with van der Waals surface area (Å²) in [6.45, 7) is 0.136. The van der Waals surface area contributed by atoms with Gasteiger partial charge in [0.15, 0.2) is 5.78 Å². The van der Waals surface area contributed by atoms with Gasteiger partial charge in [-0.1, -0.05) is 30.3 Å². The highest BCUT2D eigenvalue weighted by Gasteiger charge is 2.18. The SMILES string of the molecule is CS(=O)(=O)Nc1cccc(CNC(=O)c2ccccc2C(=O)c2ccc(F)cc2)c1. The van der Waals surface area contributed by atoms with Crippen LogP contribution in [0.2, 0.25) is 0 Å². The molecule has 0 saturated carbocycles. The fourth-order valence-corrected chi connectivity index (χ4v) is 3.43. The molecule has 2 N–H and O–H groups in total. The Hall–Kier alpha value is -3.52. The second kappa shape index (κ2) is 8.87. The van der Waals surface area contributed by atoms with Gasteiger partial charge in [-0.25, -0.2) is 12.8 Å². The number of carbonyl (C=O) groups excluding carboxylic acids is 2. The van der Waals surface area contributed by atoms with Gasteiger partial charge < -0.3 is 5.32 Å². The molecule has 3 rings (SSSR count). The first-order chi connectivity index (χ1) is 14.2. The van der Waals surface area contributed by atoms with Gasteiger partial charge in [0, 0.05) is 23.4 Å². The van der Waals surface area contributed by atoms with Crippen molar-refractivity contribution >= 4 is 27.4 Å². The van der Waals surface area contributed by atoms with Crippen LogP contribution in [-0.4, -0.2) is 26.4 Å². The van der Waals surface area contributed by atoms with E-state index in [0.29, 0.717) is 11.3 Å². The van der Waals surface area contributed by atoms with Crippen LogP contribution in [0.25, 0.3) is 0 Å². The molecule has 0 spiro atoms. The van der Waals surface area contributed by atoms with E-state index in [9.17, 15) is 22.4 Å². The zero-order valence-electron chi connectivity index (χ0n) is 16.1. The molecule has 3 aromatic carbocycles. The van der Waals surface area contributed by atoms with Crippen LogP contribution in [0.15, 0.2) is 72.8 Å². The maximum absolute atomic E-state index is 13.1. The Labute approximate surface area is 173 Å². The maximum atomic E-state index is 13.1. The third-order valence-corrected chi connectivity index (χ3v) is 4.81. The molecule has 0 unspecified atom stereocenters. The molecule has 0 aromatic heterocycles. The Morgan fingerprint density at radius 1 is 0.900 bits per heavy atom. The van der Waals surface area contributed by atoms with Crippen LogP contribution in [0, 0.1) is 5.82 Å². The van der Waals surface area contributed by atoms with Gasteiger partial charge in [-0.2, -0.15) is 0 Å². The molecule has 0 aliphatic heterocycles. The van der Waals surface area contributed by atoms with Crippen molar-refractivity contribution in [3.05, 3.63) is 101 Å². The largest absolute Gasteiger partial charge is 0.348 e. The molecule has 0 aliphatic rings. The summed E-state index contributed by atoms with van der Waals surface area (Å²) in [6.07, 6.45) is 1.05. The van der Waals surface area contributed by atoms with Gasteiger partial charge in [0.1, 0.15) is 5.82 Å². The molecule has 0 atom stereocenters. The van der Waals surface area contributed by atoms with E-state index in [2.05, 4.69) is 10.0 Å². The first-order valence-corrected chi connectivity index (χ1v) is 10.9. The predicted octanol–water partition coefficient (Wildman–Crippen LogP) is 3.36. The molecule has 8 heteroatoms. The lowest BCUT2D eigenvalue weighted by atomic mass is 9.98. The summed E-state index contributed by atoms with van der Waals surface area (Å²) in [4.78, 5) is 25.5. The normalized spacial score (nSPS) is 11.0. The van der Waals surface area contributed by atoms with Crippen LogP contribution in [0.4, 0.5) is 10.1 Å². The minimum atomic E-state index is -3.41. The molecular formula is C22H19FN2O4S. The lowest BCUT2D eigenvalue weighted by molar-refractivity contribution is 0.0939. The average molecular weight is 426 g/mol. The molecule has 0 saturated heterocycles. The summed E-state index contributed by atoms with van der Waals surface area (Å²) in [7, 11) is -3.41. The van der Waals surface area contributed by atoms with Crippen molar-refractivity contribution < 1.29 is 22.4 Å². The third kappa shape index (κ3) is 5.51. The second-order valence-electron chi connectivity index (χ2n) is 6.64. The summed E-state index contributed by atoms with van der Waals surface area (Å²) >= 11 is 0. The van der Waals surface area contributed by atoms with Gasteiger partial charge in [0.2, 0.25) is 10.0 Å². The van der Waals surface area contributed by atoms with Crippen LogP contribution in [0.5, 0.6) is 0 Å². The molecule has 0 bridgehead atoms. The first kappa shape index (κ1) is 21.2. The van der Waals surface area contributed by atoms with E-state index >= 15 is 0 Å². The van der Waals surface area contributed by atoms with Crippen LogP contribution < -0.4 is 10.0 Å². The minimum Gasteiger partial charge on any atom is -0.348 e. The summed E-state index contributed by atoms with van der Waals surface area (Å²) < 4.78 is 38.2. The minimum absolute atomic E-state index is 0.136. The standard InChI is InChI=1S/C22H19FN2O4S/c1-30(28,29)25-18-6-4-5-15(13-18)14-24-22(27)20-8-3-2-7-19(20)21(26)16-9-11-17(23)12-10-16/h2-13,25H,14H2,1H3,(H,24,27). The summed E-state index contributed by atoms with van der Waals surface area (Å²) in [5.41, 5.74) is 1.73. The molecule has 0 aliphatic carbocycles. The lowest BCUT2D eigenvalue weighted by Gasteiger charge is -2.11. The number of hydrogen-bond acceptors (Lipinski definition) is 4. The number of ketones is 1. The van der Waals surface area contributed by atoms with Crippen molar-refractivity contribution in [2.45, 2.75) is 6.54 Å². The highest BCUT2D eigenvalue weighted by molar-refractivity contribution is 7.92. The average Bonchev–Trinajstić information content (AvgIpc) is 2.71. The molecule has 0 fully saturated rings. The van der Waals surface area contributed by atoms with Gasteiger partial charge in [-0.3, -0.25) is 14.3 Å². The monoisotopic (exact) mass is 426 g/mol. The first-order valence-electron chi connectivity index (χ1n) is 8.97. The van der Waals surface area contributed by atoms with E-state index in [-0.39, 0.29) is 29.0 Å². The number of benzene rings is 3. The number of nitrogens with one attached hydrogen (secondary N) is 2. The van der Waals surface area contributed by atoms with E-state index in [4.69, 9.17) is 0 Å².